The van der Waals surface area contributed by atoms with Gasteiger partial charge in [0, 0.05) is 25.5 Å². The minimum atomic E-state index is 0.208. The van der Waals surface area contributed by atoms with E-state index < -0.39 is 0 Å². The fraction of sp³-hybridized carbons (Fsp3) is 0.500. The van der Waals surface area contributed by atoms with E-state index in [1.54, 1.807) is 6.20 Å². The number of nitrogens with zero attached hydrogens (tertiary/aromatic N) is 3. The smallest absolute Gasteiger partial charge is 0.191 e. The second-order valence-corrected chi connectivity index (χ2v) is 6.77. The normalized spacial score (nSPS) is 13.1. The molecule has 2 N–H and O–H groups in total. The molecule has 0 aliphatic carbocycles. The molecule has 1 unspecified atom stereocenters. The van der Waals surface area contributed by atoms with E-state index >= 15 is 0 Å². The zero-order valence-electron chi connectivity index (χ0n) is 15.9. The molecule has 2 rings (SSSR count). The highest BCUT2D eigenvalue weighted by atomic mass is 15.2. The largest absolute Gasteiger partial charge is 0.357 e. The number of guanidine groups is 1. The summed E-state index contributed by atoms with van der Waals surface area (Å²) < 4.78 is 2.03. The van der Waals surface area contributed by atoms with E-state index in [0.717, 1.165) is 25.5 Å². The van der Waals surface area contributed by atoms with Crippen LogP contribution in [-0.2, 0) is 13.0 Å². The molecule has 0 bridgehead atoms. The van der Waals surface area contributed by atoms with Crippen LogP contribution in [0.4, 0.5) is 0 Å². The zero-order chi connectivity index (χ0) is 18.1. The Morgan fingerprint density at radius 1 is 1.20 bits per heavy atom. The summed E-state index contributed by atoms with van der Waals surface area (Å²) >= 11 is 0. The Morgan fingerprint density at radius 2 is 1.96 bits per heavy atom. The first-order valence-electron chi connectivity index (χ1n) is 9.18. The summed E-state index contributed by atoms with van der Waals surface area (Å²) in [5.41, 5.74) is 2.67. The monoisotopic (exact) mass is 341 g/mol. The van der Waals surface area contributed by atoms with Crippen LogP contribution in [0.2, 0.25) is 0 Å². The Bertz CT molecular complexity index is 629. The second-order valence-electron chi connectivity index (χ2n) is 6.77. The van der Waals surface area contributed by atoms with Gasteiger partial charge < -0.3 is 15.2 Å². The molecule has 0 radical (unpaired) electrons. The van der Waals surface area contributed by atoms with Gasteiger partial charge in [-0.25, -0.2) is 4.98 Å². The van der Waals surface area contributed by atoms with Crippen LogP contribution >= 0.6 is 0 Å². The minimum Gasteiger partial charge on any atom is -0.357 e. The first-order valence-corrected chi connectivity index (χ1v) is 9.18. The number of benzene rings is 1. The van der Waals surface area contributed by atoms with E-state index in [1.165, 1.54) is 11.1 Å². The second kappa shape index (κ2) is 9.87. The topological polar surface area (TPSA) is 54.2 Å². The molecular formula is C20H31N5. The van der Waals surface area contributed by atoms with Crippen molar-refractivity contribution >= 4 is 5.96 Å². The van der Waals surface area contributed by atoms with Gasteiger partial charge in [-0.15, -0.1) is 0 Å². The van der Waals surface area contributed by atoms with Crippen LogP contribution in [0.5, 0.6) is 0 Å². The lowest BCUT2D eigenvalue weighted by atomic mass is 10.00. The fourth-order valence-electron chi connectivity index (χ4n) is 2.72. The van der Waals surface area contributed by atoms with Gasteiger partial charge in [0.25, 0.3) is 0 Å². The molecule has 0 saturated carbocycles. The molecule has 0 spiro atoms. The Morgan fingerprint density at radius 3 is 2.56 bits per heavy atom. The lowest BCUT2D eigenvalue weighted by molar-refractivity contribution is 0.645. The van der Waals surface area contributed by atoms with Crippen molar-refractivity contribution in [2.75, 3.05) is 13.1 Å². The first kappa shape index (κ1) is 19.0. The molecule has 5 nitrogen and oxygen atoms in total. The standard InChI is InChI=1S/C20H31N5/c1-5-22-20(23-11-13-25-12-10-21-15-25)24-17(4)19-8-6-18(7-9-19)14-16(2)3/h6-10,12,15-17H,5,11,13-14H2,1-4H3,(H2,22,23,24). The van der Waals surface area contributed by atoms with Gasteiger partial charge in [0.15, 0.2) is 5.96 Å². The van der Waals surface area contributed by atoms with Crippen molar-refractivity contribution in [3.63, 3.8) is 0 Å². The molecule has 1 aromatic carbocycles. The van der Waals surface area contributed by atoms with Crippen LogP contribution in [0, 0.1) is 5.92 Å². The van der Waals surface area contributed by atoms with E-state index in [2.05, 4.69) is 72.6 Å². The van der Waals surface area contributed by atoms with Crippen molar-refractivity contribution in [2.24, 2.45) is 10.9 Å². The van der Waals surface area contributed by atoms with Crippen LogP contribution in [0.1, 0.15) is 44.9 Å². The van der Waals surface area contributed by atoms with Gasteiger partial charge in [-0.2, -0.15) is 0 Å². The molecule has 0 amide bonds. The van der Waals surface area contributed by atoms with Gasteiger partial charge in [0.1, 0.15) is 0 Å². The van der Waals surface area contributed by atoms with Crippen LogP contribution in [-0.4, -0.2) is 28.6 Å². The highest BCUT2D eigenvalue weighted by Gasteiger charge is 2.08. The van der Waals surface area contributed by atoms with Crippen LogP contribution in [0.3, 0.4) is 0 Å². The highest BCUT2D eigenvalue weighted by Crippen LogP contribution is 2.15. The molecule has 0 saturated heterocycles. The number of hydrogen-bond acceptors (Lipinski definition) is 2. The number of hydrogen-bond donors (Lipinski definition) is 2. The number of aromatic nitrogens is 2. The highest BCUT2D eigenvalue weighted by molar-refractivity contribution is 5.80. The van der Waals surface area contributed by atoms with E-state index in [0.29, 0.717) is 12.5 Å². The average Bonchev–Trinajstić information content (AvgIpc) is 3.08. The lowest BCUT2D eigenvalue weighted by Gasteiger charge is -2.18. The molecule has 1 aromatic heterocycles. The molecule has 1 atom stereocenters. The van der Waals surface area contributed by atoms with Gasteiger partial charge in [-0.3, -0.25) is 4.99 Å². The van der Waals surface area contributed by atoms with Crippen molar-refractivity contribution in [3.05, 3.63) is 54.1 Å². The summed E-state index contributed by atoms with van der Waals surface area (Å²) in [6, 6.07) is 9.10. The summed E-state index contributed by atoms with van der Waals surface area (Å²) in [6.45, 7) is 11.1. The van der Waals surface area contributed by atoms with Crippen molar-refractivity contribution in [2.45, 2.75) is 46.7 Å². The summed E-state index contributed by atoms with van der Waals surface area (Å²) in [4.78, 5) is 8.71. The summed E-state index contributed by atoms with van der Waals surface area (Å²) in [5, 5.41) is 6.80. The van der Waals surface area contributed by atoms with Crippen LogP contribution in [0.25, 0.3) is 0 Å². The number of aliphatic imine (C=N–C) groups is 1. The van der Waals surface area contributed by atoms with E-state index in [1.807, 2.05) is 17.1 Å². The maximum atomic E-state index is 4.66. The molecule has 25 heavy (non-hydrogen) atoms. The molecule has 2 aromatic rings. The molecule has 1 heterocycles. The average molecular weight is 342 g/mol. The summed E-state index contributed by atoms with van der Waals surface area (Å²) in [6.07, 6.45) is 6.69. The van der Waals surface area contributed by atoms with Crippen LogP contribution < -0.4 is 10.6 Å². The van der Waals surface area contributed by atoms with Crippen molar-refractivity contribution in [1.82, 2.24) is 20.2 Å². The van der Waals surface area contributed by atoms with Gasteiger partial charge in [0.05, 0.1) is 18.9 Å². The number of imidazole rings is 1. The predicted octanol–water partition coefficient (Wildman–Crippen LogP) is 3.40. The fourth-order valence-corrected chi connectivity index (χ4v) is 2.72. The zero-order valence-corrected chi connectivity index (χ0v) is 15.9. The maximum absolute atomic E-state index is 4.66. The van der Waals surface area contributed by atoms with Gasteiger partial charge >= 0.3 is 0 Å². The number of rotatable bonds is 8. The van der Waals surface area contributed by atoms with Gasteiger partial charge in [0.2, 0.25) is 0 Å². The lowest BCUT2D eigenvalue weighted by Crippen LogP contribution is -2.39. The Hall–Kier alpha value is -2.30. The van der Waals surface area contributed by atoms with Crippen molar-refractivity contribution in [3.8, 4) is 0 Å². The van der Waals surface area contributed by atoms with Crippen molar-refractivity contribution < 1.29 is 0 Å². The van der Waals surface area contributed by atoms with E-state index in [9.17, 15) is 0 Å². The Balaban J connectivity index is 1.92. The molecule has 136 valence electrons. The first-order chi connectivity index (χ1) is 12.1. The quantitative estimate of drug-likeness (QED) is 0.571. The van der Waals surface area contributed by atoms with E-state index in [4.69, 9.17) is 0 Å². The maximum Gasteiger partial charge on any atom is 0.191 e. The summed E-state index contributed by atoms with van der Waals surface area (Å²) in [5.74, 6) is 1.53. The summed E-state index contributed by atoms with van der Waals surface area (Å²) in [7, 11) is 0. The molecule has 5 heteroatoms. The van der Waals surface area contributed by atoms with E-state index in [-0.39, 0.29) is 6.04 Å². The molecular weight excluding hydrogens is 310 g/mol. The van der Waals surface area contributed by atoms with Gasteiger partial charge in [-0.05, 0) is 37.3 Å². The van der Waals surface area contributed by atoms with Gasteiger partial charge in [-0.1, -0.05) is 38.1 Å². The minimum absolute atomic E-state index is 0.208. The SMILES string of the molecule is CCNC(=NCCn1ccnc1)NC(C)c1ccc(CC(C)C)cc1. The predicted molar refractivity (Wildman–Crippen MR) is 105 cm³/mol. The van der Waals surface area contributed by atoms with Crippen LogP contribution in [0.15, 0.2) is 48.0 Å². The third-order valence-corrected chi connectivity index (χ3v) is 4.01. The molecule has 0 fully saturated rings. The number of nitrogens with one attached hydrogen (secondary N) is 2. The Labute approximate surface area is 151 Å². The Kier molecular flexibility index (Phi) is 7.51. The third kappa shape index (κ3) is 6.61. The third-order valence-electron chi connectivity index (χ3n) is 4.01. The van der Waals surface area contributed by atoms with Crippen molar-refractivity contribution in [1.29, 1.82) is 0 Å². The molecule has 0 aliphatic heterocycles. The molecule has 0 aliphatic rings.